The van der Waals surface area contributed by atoms with E-state index < -0.39 is 5.82 Å². The number of carbonyl (C=O) groups is 1. The summed E-state index contributed by atoms with van der Waals surface area (Å²) in [5, 5.41) is 0.675. The second-order valence-electron chi connectivity index (χ2n) is 5.63. The molecule has 5 heteroatoms. The molecule has 24 heavy (non-hydrogen) atoms. The van der Waals surface area contributed by atoms with Gasteiger partial charge in [0, 0.05) is 24.8 Å². The summed E-state index contributed by atoms with van der Waals surface area (Å²) in [6.45, 7) is 2.01. The van der Waals surface area contributed by atoms with Crippen LogP contribution in [0.15, 0.2) is 54.9 Å². The molecule has 1 amide bonds. The minimum absolute atomic E-state index is 0.107. The Kier molecular flexibility index (Phi) is 4.51. The van der Waals surface area contributed by atoms with Crippen molar-refractivity contribution < 1.29 is 9.18 Å². The molecular weight excluding hydrogens is 305 g/mol. The van der Waals surface area contributed by atoms with Gasteiger partial charge in [0.25, 0.3) is 5.91 Å². The third kappa shape index (κ3) is 2.97. The molecule has 122 valence electrons. The summed E-state index contributed by atoms with van der Waals surface area (Å²) in [7, 11) is 1.73. The summed E-state index contributed by atoms with van der Waals surface area (Å²) in [4.78, 5) is 22.8. The van der Waals surface area contributed by atoms with Gasteiger partial charge >= 0.3 is 0 Å². The number of rotatable bonds is 4. The summed E-state index contributed by atoms with van der Waals surface area (Å²) >= 11 is 0. The van der Waals surface area contributed by atoms with E-state index in [4.69, 9.17) is 0 Å². The van der Waals surface area contributed by atoms with Gasteiger partial charge in [0.2, 0.25) is 0 Å². The van der Waals surface area contributed by atoms with Crippen LogP contribution in [0.4, 0.5) is 4.39 Å². The topological polar surface area (TPSA) is 46.1 Å². The van der Waals surface area contributed by atoms with Crippen LogP contribution in [0.2, 0.25) is 0 Å². The zero-order valence-corrected chi connectivity index (χ0v) is 13.6. The van der Waals surface area contributed by atoms with E-state index >= 15 is 0 Å². The van der Waals surface area contributed by atoms with Crippen molar-refractivity contribution in [2.24, 2.45) is 0 Å². The molecule has 0 N–H and O–H groups in total. The van der Waals surface area contributed by atoms with Gasteiger partial charge in [-0.1, -0.05) is 31.2 Å². The Morgan fingerprint density at radius 1 is 1.21 bits per heavy atom. The number of aromatic nitrogens is 2. The highest BCUT2D eigenvalue weighted by atomic mass is 19.1. The Hall–Kier alpha value is -2.82. The molecule has 1 atom stereocenters. The maximum Gasteiger partial charge on any atom is 0.272 e. The summed E-state index contributed by atoms with van der Waals surface area (Å²) in [5.41, 5.74) is 1.41. The largest absolute Gasteiger partial charge is 0.333 e. The van der Waals surface area contributed by atoms with Gasteiger partial charge in [0.05, 0.1) is 6.04 Å². The molecule has 2 heterocycles. The van der Waals surface area contributed by atoms with Crippen molar-refractivity contribution in [2.45, 2.75) is 19.4 Å². The smallest absolute Gasteiger partial charge is 0.272 e. The first-order valence-electron chi connectivity index (χ1n) is 7.84. The molecule has 2 aromatic heterocycles. The van der Waals surface area contributed by atoms with Crippen LogP contribution in [0, 0.1) is 5.82 Å². The highest BCUT2D eigenvalue weighted by Gasteiger charge is 2.22. The lowest BCUT2D eigenvalue weighted by atomic mass is 10.0. The van der Waals surface area contributed by atoms with Crippen LogP contribution < -0.4 is 0 Å². The van der Waals surface area contributed by atoms with Gasteiger partial charge in [-0.15, -0.1) is 0 Å². The van der Waals surface area contributed by atoms with Gasteiger partial charge in [0.1, 0.15) is 17.0 Å². The number of pyridine rings is 2. The number of para-hydroxylation sites is 1. The fraction of sp³-hybridized carbons (Fsp3) is 0.211. The van der Waals surface area contributed by atoms with E-state index in [-0.39, 0.29) is 23.2 Å². The lowest BCUT2D eigenvalue weighted by Gasteiger charge is -2.27. The van der Waals surface area contributed by atoms with Gasteiger partial charge in [-0.3, -0.25) is 9.78 Å². The molecule has 0 aliphatic rings. The second-order valence-corrected chi connectivity index (χ2v) is 5.63. The predicted octanol–water partition coefficient (Wildman–Crippen LogP) is 3.99. The maximum atomic E-state index is 13.9. The predicted molar refractivity (Wildman–Crippen MR) is 91.1 cm³/mol. The number of benzene rings is 1. The maximum absolute atomic E-state index is 13.9. The number of halogens is 1. The van der Waals surface area contributed by atoms with Crippen molar-refractivity contribution in [3.8, 4) is 0 Å². The molecule has 0 radical (unpaired) electrons. The number of fused-ring (bicyclic) bond motifs is 1. The van der Waals surface area contributed by atoms with Crippen LogP contribution in [0.5, 0.6) is 0 Å². The first-order chi connectivity index (χ1) is 11.6. The highest BCUT2D eigenvalue weighted by Crippen LogP contribution is 2.24. The van der Waals surface area contributed by atoms with Crippen LogP contribution in [0.25, 0.3) is 10.9 Å². The number of carbonyl (C=O) groups excluding carboxylic acids is 1. The Morgan fingerprint density at radius 3 is 2.75 bits per heavy atom. The Labute approximate surface area is 140 Å². The van der Waals surface area contributed by atoms with Crippen LogP contribution in [-0.2, 0) is 0 Å². The summed E-state index contributed by atoms with van der Waals surface area (Å²) < 4.78 is 13.9. The van der Waals surface area contributed by atoms with Crippen LogP contribution >= 0.6 is 0 Å². The average Bonchev–Trinajstić information content (AvgIpc) is 2.62. The highest BCUT2D eigenvalue weighted by molar-refractivity contribution is 5.95. The SMILES string of the molecule is CCC(c1cccnc1)N(C)C(=O)c1ccc2cccc(F)c2n1. The van der Waals surface area contributed by atoms with Gasteiger partial charge in [0.15, 0.2) is 0 Å². The van der Waals surface area contributed by atoms with Crippen LogP contribution in [-0.4, -0.2) is 27.8 Å². The third-order valence-electron chi connectivity index (χ3n) is 4.13. The monoisotopic (exact) mass is 323 g/mol. The lowest BCUT2D eigenvalue weighted by molar-refractivity contribution is 0.0720. The standard InChI is InChI=1S/C19H18FN3O/c1-3-17(14-7-5-11-21-12-14)23(2)19(24)16-10-9-13-6-4-8-15(20)18(13)22-16/h4-12,17H,3H2,1-2H3. The molecule has 3 rings (SSSR count). The van der Waals surface area contributed by atoms with Gasteiger partial charge in [-0.2, -0.15) is 0 Å². The molecule has 4 nitrogen and oxygen atoms in total. The summed E-state index contributed by atoms with van der Waals surface area (Å²) in [6, 6.07) is 11.8. The second kappa shape index (κ2) is 6.74. The van der Waals surface area contributed by atoms with E-state index in [0.717, 1.165) is 12.0 Å². The van der Waals surface area contributed by atoms with E-state index in [9.17, 15) is 9.18 Å². The number of hydrogen-bond acceptors (Lipinski definition) is 3. The molecule has 1 unspecified atom stereocenters. The number of nitrogens with zero attached hydrogens (tertiary/aromatic N) is 3. The van der Waals surface area contributed by atoms with Gasteiger partial charge in [-0.25, -0.2) is 9.37 Å². The molecule has 0 saturated heterocycles. The molecular formula is C19H18FN3O. The van der Waals surface area contributed by atoms with Crippen molar-refractivity contribution in [1.82, 2.24) is 14.9 Å². The van der Waals surface area contributed by atoms with E-state index in [2.05, 4.69) is 9.97 Å². The van der Waals surface area contributed by atoms with Crippen molar-refractivity contribution in [2.75, 3.05) is 7.05 Å². The van der Waals surface area contributed by atoms with Crippen molar-refractivity contribution in [1.29, 1.82) is 0 Å². The molecule has 1 aromatic carbocycles. The zero-order chi connectivity index (χ0) is 17.1. The lowest BCUT2D eigenvalue weighted by Crippen LogP contribution is -2.31. The first-order valence-corrected chi connectivity index (χ1v) is 7.84. The van der Waals surface area contributed by atoms with Gasteiger partial charge < -0.3 is 4.90 Å². The van der Waals surface area contributed by atoms with Crippen LogP contribution in [0.1, 0.15) is 35.4 Å². The number of hydrogen-bond donors (Lipinski definition) is 0. The minimum Gasteiger partial charge on any atom is -0.333 e. The Balaban J connectivity index is 1.94. The van der Waals surface area contributed by atoms with Crippen LogP contribution in [0.3, 0.4) is 0 Å². The Bertz CT molecular complexity index is 867. The van der Waals surface area contributed by atoms with Crippen molar-refractivity contribution in [3.63, 3.8) is 0 Å². The van der Waals surface area contributed by atoms with E-state index in [1.807, 2.05) is 19.1 Å². The minimum atomic E-state index is -0.427. The van der Waals surface area contributed by atoms with Crippen molar-refractivity contribution in [3.05, 3.63) is 71.9 Å². The van der Waals surface area contributed by atoms with Crippen molar-refractivity contribution >= 4 is 16.8 Å². The average molecular weight is 323 g/mol. The van der Waals surface area contributed by atoms with E-state index in [1.54, 1.807) is 48.6 Å². The molecule has 0 bridgehead atoms. The van der Waals surface area contributed by atoms with E-state index in [1.165, 1.54) is 6.07 Å². The molecule has 0 fully saturated rings. The summed E-state index contributed by atoms with van der Waals surface area (Å²) in [6.07, 6.45) is 4.20. The van der Waals surface area contributed by atoms with E-state index in [0.29, 0.717) is 5.39 Å². The zero-order valence-electron chi connectivity index (χ0n) is 13.6. The third-order valence-corrected chi connectivity index (χ3v) is 4.13. The van der Waals surface area contributed by atoms with Gasteiger partial charge in [-0.05, 0) is 30.2 Å². The first kappa shape index (κ1) is 16.1. The quantitative estimate of drug-likeness (QED) is 0.729. The molecule has 0 spiro atoms. The number of amides is 1. The normalized spacial score (nSPS) is 12.1. The molecule has 0 aliphatic carbocycles. The Morgan fingerprint density at radius 2 is 2.04 bits per heavy atom. The molecule has 0 aliphatic heterocycles. The summed E-state index contributed by atoms with van der Waals surface area (Å²) in [5.74, 6) is -0.667. The molecule has 3 aromatic rings. The fourth-order valence-corrected chi connectivity index (χ4v) is 2.86. The fourth-order valence-electron chi connectivity index (χ4n) is 2.86. The molecule has 0 saturated carbocycles.